The van der Waals surface area contributed by atoms with Crippen LogP contribution < -0.4 is 10.6 Å². The normalized spacial score (nSPS) is 10.8. The molecule has 0 spiro atoms. The van der Waals surface area contributed by atoms with E-state index in [1.807, 2.05) is 0 Å². The Labute approximate surface area is 216 Å². The summed E-state index contributed by atoms with van der Waals surface area (Å²) in [6, 6.07) is 11.1. The summed E-state index contributed by atoms with van der Waals surface area (Å²) in [4.78, 5) is 36.9. The molecule has 2 N–H and O–H groups in total. The van der Waals surface area contributed by atoms with Crippen LogP contribution in [-0.2, 0) is 23.1 Å². The molecule has 0 aliphatic carbocycles. The fourth-order valence-electron chi connectivity index (χ4n) is 2.89. The molecule has 0 radical (unpaired) electrons. The highest BCUT2D eigenvalue weighted by Gasteiger charge is 2.15. The largest absolute Gasteiger partial charge is 0.459 e. The molecule has 0 aliphatic heterocycles. The number of halogens is 2. The van der Waals surface area contributed by atoms with Gasteiger partial charge in [0, 0.05) is 17.8 Å². The summed E-state index contributed by atoms with van der Waals surface area (Å²) in [5, 5.41) is 14.8. The summed E-state index contributed by atoms with van der Waals surface area (Å²) in [6.07, 6.45) is -0.239. The lowest BCUT2D eigenvalue weighted by Crippen LogP contribution is -2.24. The quantitative estimate of drug-likeness (QED) is 0.309. The van der Waals surface area contributed by atoms with Crippen molar-refractivity contribution in [1.29, 1.82) is 0 Å². The molecule has 12 heteroatoms. The molecule has 0 unspecified atom stereocenters. The Hall–Kier alpha value is -3.08. The van der Waals surface area contributed by atoms with Gasteiger partial charge in [-0.3, -0.25) is 9.59 Å². The highest BCUT2D eigenvalue weighted by Crippen LogP contribution is 2.21. The minimum atomic E-state index is -0.456. The number of anilines is 1. The van der Waals surface area contributed by atoms with Crippen LogP contribution >= 0.6 is 35.0 Å². The van der Waals surface area contributed by atoms with Crippen molar-refractivity contribution in [2.45, 2.75) is 31.7 Å². The van der Waals surface area contributed by atoms with E-state index in [2.05, 4.69) is 20.8 Å². The van der Waals surface area contributed by atoms with Gasteiger partial charge in [0.15, 0.2) is 11.0 Å². The number of carbonyl (C=O) groups excluding carboxylic acids is 3. The van der Waals surface area contributed by atoms with Gasteiger partial charge >= 0.3 is 5.97 Å². The molecule has 2 amide bonds. The minimum absolute atomic E-state index is 0.0688. The SMILES string of the molecule is CC(C)OC(=O)c1cccc(NC(=O)CSc2nnc(CNC(=O)c3ccc(Cl)cc3Cl)n2C)c1. The molecule has 35 heavy (non-hydrogen) atoms. The zero-order valence-corrected chi connectivity index (χ0v) is 21.5. The van der Waals surface area contributed by atoms with Crippen molar-refractivity contribution in [3.63, 3.8) is 0 Å². The number of hydrogen-bond acceptors (Lipinski definition) is 7. The Bertz CT molecular complexity index is 1250. The van der Waals surface area contributed by atoms with Gasteiger partial charge < -0.3 is 19.9 Å². The van der Waals surface area contributed by atoms with E-state index in [0.717, 1.165) is 0 Å². The number of ether oxygens (including phenoxy) is 1. The maximum absolute atomic E-state index is 12.4. The van der Waals surface area contributed by atoms with Crippen molar-refractivity contribution in [3.8, 4) is 0 Å². The van der Waals surface area contributed by atoms with Crippen molar-refractivity contribution in [2.75, 3.05) is 11.1 Å². The third-order valence-electron chi connectivity index (χ3n) is 4.57. The molecule has 1 aromatic heterocycles. The molecular formula is C23H23Cl2N5O4S. The molecule has 0 saturated heterocycles. The molecular weight excluding hydrogens is 513 g/mol. The van der Waals surface area contributed by atoms with E-state index < -0.39 is 5.97 Å². The Kier molecular flexibility index (Phi) is 9.13. The second-order valence-corrected chi connectivity index (χ2v) is 9.42. The average molecular weight is 536 g/mol. The van der Waals surface area contributed by atoms with Crippen molar-refractivity contribution >= 4 is 58.4 Å². The zero-order valence-electron chi connectivity index (χ0n) is 19.2. The van der Waals surface area contributed by atoms with E-state index in [1.165, 1.54) is 17.8 Å². The second kappa shape index (κ2) is 12.1. The molecule has 3 rings (SSSR count). The lowest BCUT2D eigenvalue weighted by molar-refractivity contribution is -0.113. The predicted molar refractivity (Wildman–Crippen MR) is 135 cm³/mol. The van der Waals surface area contributed by atoms with Gasteiger partial charge in [-0.1, -0.05) is 41.0 Å². The maximum Gasteiger partial charge on any atom is 0.338 e. The van der Waals surface area contributed by atoms with Crippen LogP contribution in [-0.4, -0.2) is 44.4 Å². The second-order valence-electron chi connectivity index (χ2n) is 7.64. The van der Waals surface area contributed by atoms with E-state index in [9.17, 15) is 14.4 Å². The van der Waals surface area contributed by atoms with Gasteiger partial charge in [-0.25, -0.2) is 4.79 Å². The van der Waals surface area contributed by atoms with Crippen molar-refractivity contribution in [2.24, 2.45) is 7.05 Å². The van der Waals surface area contributed by atoms with Crippen LogP contribution in [0.3, 0.4) is 0 Å². The lowest BCUT2D eigenvalue weighted by Gasteiger charge is -2.10. The average Bonchev–Trinajstić information content (AvgIpc) is 3.15. The van der Waals surface area contributed by atoms with Gasteiger partial charge in [0.2, 0.25) is 5.91 Å². The highest BCUT2D eigenvalue weighted by atomic mass is 35.5. The van der Waals surface area contributed by atoms with Crippen molar-refractivity contribution in [1.82, 2.24) is 20.1 Å². The standard InChI is InChI=1S/C23H23Cl2N5O4S/c1-13(2)34-22(33)14-5-4-6-16(9-14)27-20(31)12-35-23-29-28-19(30(23)3)11-26-21(32)17-8-7-15(24)10-18(17)25/h4-10,13H,11-12H2,1-3H3,(H,26,32)(H,27,31). The highest BCUT2D eigenvalue weighted by molar-refractivity contribution is 7.99. The molecule has 3 aromatic rings. The summed E-state index contributed by atoms with van der Waals surface area (Å²) in [7, 11) is 1.74. The van der Waals surface area contributed by atoms with Crippen molar-refractivity contribution < 1.29 is 19.1 Å². The first-order valence-electron chi connectivity index (χ1n) is 10.5. The number of benzene rings is 2. The summed E-state index contributed by atoms with van der Waals surface area (Å²) >= 11 is 13.1. The van der Waals surface area contributed by atoms with E-state index in [4.69, 9.17) is 27.9 Å². The summed E-state index contributed by atoms with van der Waals surface area (Å²) in [6.45, 7) is 3.65. The van der Waals surface area contributed by atoms with Crippen LogP contribution in [0.1, 0.15) is 40.4 Å². The molecule has 0 atom stereocenters. The molecule has 0 saturated carbocycles. The first-order chi connectivity index (χ1) is 16.6. The number of nitrogens with one attached hydrogen (secondary N) is 2. The van der Waals surface area contributed by atoms with Crippen LogP contribution in [0.15, 0.2) is 47.6 Å². The van der Waals surface area contributed by atoms with E-state index in [1.54, 1.807) is 61.9 Å². The molecule has 2 aromatic carbocycles. The summed E-state index contributed by atoms with van der Waals surface area (Å²) in [5.74, 6) is -0.535. The van der Waals surface area contributed by atoms with E-state index in [0.29, 0.717) is 32.8 Å². The Morgan fingerprint density at radius 2 is 1.89 bits per heavy atom. The number of nitrogens with zero attached hydrogens (tertiary/aromatic N) is 3. The Balaban J connectivity index is 1.53. The summed E-state index contributed by atoms with van der Waals surface area (Å²) < 4.78 is 6.86. The third kappa shape index (κ3) is 7.45. The molecule has 0 fully saturated rings. The molecule has 0 aliphatic rings. The third-order valence-corrected chi connectivity index (χ3v) is 6.13. The van der Waals surface area contributed by atoms with Crippen LogP contribution in [0.2, 0.25) is 10.0 Å². The van der Waals surface area contributed by atoms with Gasteiger partial charge in [0.05, 0.1) is 34.6 Å². The fraction of sp³-hybridized carbons (Fsp3) is 0.261. The van der Waals surface area contributed by atoms with Crippen LogP contribution in [0, 0.1) is 0 Å². The maximum atomic E-state index is 12.4. The number of esters is 1. The van der Waals surface area contributed by atoms with Crippen LogP contribution in [0.4, 0.5) is 5.69 Å². The first kappa shape index (κ1) is 26.5. The summed E-state index contributed by atoms with van der Waals surface area (Å²) in [5.41, 5.74) is 1.13. The molecule has 184 valence electrons. The molecule has 9 nitrogen and oxygen atoms in total. The van der Waals surface area contributed by atoms with E-state index >= 15 is 0 Å². The molecule has 0 bridgehead atoms. The van der Waals surface area contributed by atoms with E-state index in [-0.39, 0.29) is 35.2 Å². The Morgan fingerprint density at radius 1 is 1.11 bits per heavy atom. The topological polar surface area (TPSA) is 115 Å². The number of hydrogen-bond donors (Lipinski definition) is 2. The van der Waals surface area contributed by atoms with Gasteiger partial charge in [0.1, 0.15) is 0 Å². The van der Waals surface area contributed by atoms with Gasteiger partial charge in [-0.2, -0.15) is 0 Å². The number of aromatic nitrogens is 3. The van der Waals surface area contributed by atoms with Gasteiger partial charge in [-0.05, 0) is 50.2 Å². The fourth-order valence-corrected chi connectivity index (χ4v) is 4.11. The molecule has 1 heterocycles. The predicted octanol–water partition coefficient (Wildman–Crippen LogP) is 4.35. The lowest BCUT2D eigenvalue weighted by atomic mass is 10.2. The van der Waals surface area contributed by atoms with Crippen LogP contribution in [0.25, 0.3) is 0 Å². The zero-order chi connectivity index (χ0) is 25.5. The number of rotatable bonds is 9. The number of thioether (sulfide) groups is 1. The Morgan fingerprint density at radius 3 is 2.60 bits per heavy atom. The number of carbonyl (C=O) groups is 3. The van der Waals surface area contributed by atoms with Crippen LogP contribution in [0.5, 0.6) is 0 Å². The monoisotopic (exact) mass is 535 g/mol. The van der Waals surface area contributed by atoms with Gasteiger partial charge in [-0.15, -0.1) is 10.2 Å². The smallest absolute Gasteiger partial charge is 0.338 e. The minimum Gasteiger partial charge on any atom is -0.459 e. The number of amides is 2. The first-order valence-corrected chi connectivity index (χ1v) is 12.2. The van der Waals surface area contributed by atoms with Crippen molar-refractivity contribution in [3.05, 3.63) is 69.5 Å². The van der Waals surface area contributed by atoms with Gasteiger partial charge in [0.25, 0.3) is 5.91 Å².